The molecule has 0 saturated carbocycles. The second-order valence-electron chi connectivity index (χ2n) is 4.93. The molecule has 0 radical (unpaired) electrons. The first-order chi connectivity index (χ1) is 8.58. The predicted octanol–water partition coefficient (Wildman–Crippen LogP) is 1.70. The summed E-state index contributed by atoms with van der Waals surface area (Å²) in [5, 5.41) is 9.86. The van der Waals surface area contributed by atoms with Crippen LogP contribution in [0, 0.1) is 0 Å². The van der Waals surface area contributed by atoms with Gasteiger partial charge in [-0.3, -0.25) is 0 Å². The minimum absolute atomic E-state index is 0.00512. The minimum atomic E-state index is -3.75. The summed E-state index contributed by atoms with van der Waals surface area (Å²) in [5.41, 5.74) is 4.82. The number of nitrogens with two attached hydrogens (primary N) is 1. The molecule has 0 heterocycles. The van der Waals surface area contributed by atoms with E-state index < -0.39 is 15.6 Å². The molecule has 0 bridgehead atoms. The molecule has 0 unspecified atom stereocenters. The van der Waals surface area contributed by atoms with Crippen LogP contribution in [0.25, 0.3) is 0 Å². The van der Waals surface area contributed by atoms with Crippen molar-refractivity contribution in [2.24, 2.45) is 0 Å². The van der Waals surface area contributed by atoms with E-state index in [-0.39, 0.29) is 23.0 Å². The van der Waals surface area contributed by atoms with Gasteiger partial charge in [0, 0.05) is 18.8 Å². The molecule has 1 aromatic carbocycles. The highest BCUT2D eigenvalue weighted by atomic mass is 35.5. The molecule has 1 aromatic rings. The van der Waals surface area contributed by atoms with Gasteiger partial charge >= 0.3 is 0 Å². The zero-order valence-corrected chi connectivity index (χ0v) is 12.8. The number of nitrogen functional groups attached to an aromatic ring is 1. The number of benzene rings is 1. The second kappa shape index (κ2) is 5.66. The first-order valence-corrected chi connectivity index (χ1v) is 7.67. The van der Waals surface area contributed by atoms with Gasteiger partial charge in [-0.05, 0) is 32.0 Å². The summed E-state index contributed by atoms with van der Waals surface area (Å²) in [6.07, 6.45) is 0. The lowest BCUT2D eigenvalue weighted by molar-refractivity contribution is 0.0601. The van der Waals surface area contributed by atoms with Gasteiger partial charge in [0.2, 0.25) is 10.0 Å². The zero-order valence-electron chi connectivity index (χ0n) is 11.2. The van der Waals surface area contributed by atoms with Gasteiger partial charge in [0.1, 0.15) is 4.90 Å². The van der Waals surface area contributed by atoms with Crippen molar-refractivity contribution < 1.29 is 13.5 Å². The SMILES string of the molecule is CCN(CC(C)(C)O)S(=O)(=O)c1ccc(N)cc1Cl. The van der Waals surface area contributed by atoms with E-state index in [9.17, 15) is 13.5 Å². The molecule has 7 heteroatoms. The summed E-state index contributed by atoms with van der Waals surface area (Å²) in [6, 6.07) is 4.25. The Balaban J connectivity index is 3.21. The molecule has 19 heavy (non-hydrogen) atoms. The molecular weight excluding hydrogens is 288 g/mol. The minimum Gasteiger partial charge on any atom is -0.399 e. The maximum absolute atomic E-state index is 12.5. The van der Waals surface area contributed by atoms with E-state index in [0.29, 0.717) is 5.69 Å². The van der Waals surface area contributed by atoms with Gasteiger partial charge in [-0.15, -0.1) is 0 Å². The fourth-order valence-electron chi connectivity index (χ4n) is 1.66. The molecule has 0 fully saturated rings. The number of hydrogen-bond acceptors (Lipinski definition) is 4. The second-order valence-corrected chi connectivity index (χ2v) is 7.25. The highest BCUT2D eigenvalue weighted by Crippen LogP contribution is 2.27. The normalized spacial score (nSPS) is 12.9. The third kappa shape index (κ3) is 4.07. The summed E-state index contributed by atoms with van der Waals surface area (Å²) < 4.78 is 26.1. The molecule has 0 aliphatic rings. The number of hydrogen-bond donors (Lipinski definition) is 2. The molecule has 1 rings (SSSR count). The van der Waals surface area contributed by atoms with Crippen molar-refractivity contribution in [3.05, 3.63) is 23.2 Å². The van der Waals surface area contributed by atoms with Crippen LogP contribution in [0.4, 0.5) is 5.69 Å². The lowest BCUT2D eigenvalue weighted by Gasteiger charge is -2.27. The molecule has 0 aliphatic carbocycles. The van der Waals surface area contributed by atoms with Crippen LogP contribution in [0.3, 0.4) is 0 Å². The largest absolute Gasteiger partial charge is 0.399 e. The van der Waals surface area contributed by atoms with Crippen molar-refractivity contribution in [3.63, 3.8) is 0 Å². The molecule has 0 spiro atoms. The lowest BCUT2D eigenvalue weighted by atomic mass is 10.1. The van der Waals surface area contributed by atoms with Crippen molar-refractivity contribution in [2.75, 3.05) is 18.8 Å². The zero-order chi connectivity index (χ0) is 14.8. The van der Waals surface area contributed by atoms with Crippen molar-refractivity contribution in [3.8, 4) is 0 Å². The van der Waals surface area contributed by atoms with Crippen LogP contribution in [-0.2, 0) is 10.0 Å². The van der Waals surface area contributed by atoms with Crippen LogP contribution < -0.4 is 5.73 Å². The third-order valence-corrected chi connectivity index (χ3v) is 4.89. The number of sulfonamides is 1. The number of anilines is 1. The Morgan fingerprint density at radius 1 is 1.42 bits per heavy atom. The third-order valence-electron chi connectivity index (χ3n) is 2.49. The highest BCUT2D eigenvalue weighted by molar-refractivity contribution is 7.89. The van der Waals surface area contributed by atoms with Gasteiger partial charge in [-0.1, -0.05) is 18.5 Å². The Morgan fingerprint density at radius 3 is 2.42 bits per heavy atom. The van der Waals surface area contributed by atoms with Crippen molar-refractivity contribution in [1.29, 1.82) is 0 Å². The Bertz CT molecular complexity index is 553. The van der Waals surface area contributed by atoms with Crippen LogP contribution in [0.1, 0.15) is 20.8 Å². The predicted molar refractivity (Wildman–Crippen MR) is 76.6 cm³/mol. The van der Waals surface area contributed by atoms with Crippen LogP contribution in [0.15, 0.2) is 23.1 Å². The van der Waals surface area contributed by atoms with E-state index in [1.54, 1.807) is 20.8 Å². The molecule has 3 N–H and O–H groups in total. The van der Waals surface area contributed by atoms with E-state index >= 15 is 0 Å². The smallest absolute Gasteiger partial charge is 0.244 e. The highest BCUT2D eigenvalue weighted by Gasteiger charge is 2.29. The molecular formula is C12H19ClN2O3S. The average Bonchev–Trinajstić information content (AvgIpc) is 2.23. The number of rotatable bonds is 5. The van der Waals surface area contributed by atoms with E-state index in [1.807, 2.05) is 0 Å². The summed E-state index contributed by atoms with van der Waals surface area (Å²) in [4.78, 5) is -0.00512. The number of halogens is 1. The fraction of sp³-hybridized carbons (Fsp3) is 0.500. The van der Waals surface area contributed by atoms with E-state index in [1.165, 1.54) is 22.5 Å². The topological polar surface area (TPSA) is 83.6 Å². The summed E-state index contributed by atoms with van der Waals surface area (Å²) in [6.45, 7) is 5.04. The molecule has 0 aliphatic heterocycles. The number of nitrogens with zero attached hydrogens (tertiary/aromatic N) is 1. The van der Waals surface area contributed by atoms with Crippen molar-refractivity contribution >= 4 is 27.3 Å². The first-order valence-electron chi connectivity index (χ1n) is 5.85. The maximum atomic E-state index is 12.5. The Kier molecular flexibility index (Phi) is 4.84. The molecule has 108 valence electrons. The molecule has 0 amide bonds. The Labute approximate surface area is 119 Å². The number of aliphatic hydroxyl groups is 1. The van der Waals surface area contributed by atoms with E-state index in [0.717, 1.165) is 0 Å². The standard InChI is InChI=1S/C12H19ClN2O3S/c1-4-15(8-12(2,3)16)19(17,18)11-6-5-9(14)7-10(11)13/h5-7,16H,4,8,14H2,1-3H3. The van der Waals surface area contributed by atoms with Gasteiger partial charge in [0.25, 0.3) is 0 Å². The van der Waals surface area contributed by atoms with Crippen molar-refractivity contribution in [2.45, 2.75) is 31.3 Å². The van der Waals surface area contributed by atoms with Gasteiger partial charge in [-0.25, -0.2) is 8.42 Å². The maximum Gasteiger partial charge on any atom is 0.244 e. The fourth-order valence-corrected chi connectivity index (χ4v) is 3.79. The number of likely N-dealkylation sites (N-methyl/N-ethyl adjacent to an activating group) is 1. The van der Waals surface area contributed by atoms with Gasteiger partial charge < -0.3 is 10.8 Å². The van der Waals surface area contributed by atoms with Crippen LogP contribution in [0.5, 0.6) is 0 Å². The molecule has 0 saturated heterocycles. The average molecular weight is 307 g/mol. The van der Waals surface area contributed by atoms with E-state index in [4.69, 9.17) is 17.3 Å². The first kappa shape index (κ1) is 16.2. The van der Waals surface area contributed by atoms with Crippen molar-refractivity contribution in [1.82, 2.24) is 4.31 Å². The molecule has 0 aromatic heterocycles. The van der Waals surface area contributed by atoms with E-state index in [2.05, 4.69) is 0 Å². The summed E-state index contributed by atoms with van der Waals surface area (Å²) >= 11 is 5.94. The quantitative estimate of drug-likeness (QED) is 0.811. The lowest BCUT2D eigenvalue weighted by Crippen LogP contribution is -2.42. The van der Waals surface area contributed by atoms with Gasteiger partial charge in [-0.2, -0.15) is 4.31 Å². The molecule has 5 nitrogen and oxygen atoms in total. The summed E-state index contributed by atoms with van der Waals surface area (Å²) in [7, 11) is -3.75. The Morgan fingerprint density at radius 2 is 2.00 bits per heavy atom. The Hall–Kier alpha value is -0.820. The summed E-state index contributed by atoms with van der Waals surface area (Å²) in [5.74, 6) is 0. The molecule has 0 atom stereocenters. The van der Waals surface area contributed by atoms with Crippen LogP contribution in [0.2, 0.25) is 5.02 Å². The monoisotopic (exact) mass is 306 g/mol. The van der Waals surface area contributed by atoms with Gasteiger partial charge in [0.05, 0.1) is 10.6 Å². The van der Waals surface area contributed by atoms with Gasteiger partial charge in [0.15, 0.2) is 0 Å². The van der Waals surface area contributed by atoms with Crippen LogP contribution in [-0.4, -0.2) is 36.5 Å². The van der Waals surface area contributed by atoms with Crippen LogP contribution >= 0.6 is 11.6 Å².